The van der Waals surface area contributed by atoms with Gasteiger partial charge in [-0.15, -0.1) is 0 Å². The van der Waals surface area contributed by atoms with Crippen LogP contribution < -0.4 is 5.73 Å². The Labute approximate surface area is 67.2 Å². The molecule has 0 fully saturated rings. The van der Waals surface area contributed by atoms with Crippen LogP contribution in [-0.4, -0.2) is 5.91 Å². The largest absolute Gasteiger partial charge is 0.368 e. The fourth-order valence-electron chi connectivity index (χ4n) is 1.13. The van der Waals surface area contributed by atoms with Crippen LogP contribution in [0.3, 0.4) is 0 Å². The van der Waals surface area contributed by atoms with Crippen molar-refractivity contribution in [1.29, 1.82) is 5.26 Å². The highest BCUT2D eigenvalue weighted by Crippen LogP contribution is 2.29. The van der Waals surface area contributed by atoms with Gasteiger partial charge in [0.25, 0.3) is 0 Å². The van der Waals surface area contributed by atoms with Gasteiger partial charge in [-0.25, -0.2) is 0 Å². The van der Waals surface area contributed by atoms with Crippen LogP contribution >= 0.6 is 0 Å². The summed E-state index contributed by atoms with van der Waals surface area (Å²) in [4.78, 5) is 10.9. The van der Waals surface area contributed by atoms with Crippen molar-refractivity contribution in [2.75, 3.05) is 0 Å². The van der Waals surface area contributed by atoms with E-state index in [9.17, 15) is 4.79 Å². The zero-order valence-electron chi connectivity index (χ0n) is 7.22. The molecule has 0 spiro atoms. The summed E-state index contributed by atoms with van der Waals surface area (Å²) in [5, 5.41) is 8.77. The molecule has 3 nitrogen and oxygen atoms in total. The first-order valence-electron chi connectivity index (χ1n) is 3.72. The molecular weight excluding hydrogens is 140 g/mol. The van der Waals surface area contributed by atoms with E-state index < -0.39 is 11.3 Å². The van der Waals surface area contributed by atoms with Gasteiger partial charge in [-0.1, -0.05) is 20.8 Å². The molecule has 1 atom stereocenters. The Balaban J connectivity index is 4.80. The lowest BCUT2D eigenvalue weighted by Crippen LogP contribution is -2.39. The molecule has 0 saturated carbocycles. The van der Waals surface area contributed by atoms with Gasteiger partial charge in [0.1, 0.15) is 5.41 Å². The number of carbonyl (C=O) groups excluding carboxylic acids is 1. The lowest BCUT2D eigenvalue weighted by molar-refractivity contribution is -0.126. The fourth-order valence-corrected chi connectivity index (χ4v) is 1.13. The molecule has 0 bridgehead atoms. The third-order valence-electron chi connectivity index (χ3n) is 2.18. The summed E-state index contributed by atoms with van der Waals surface area (Å²) in [6, 6.07) is 1.99. The second-order valence-electron chi connectivity index (χ2n) is 2.96. The van der Waals surface area contributed by atoms with E-state index in [-0.39, 0.29) is 5.92 Å². The Hall–Kier alpha value is -1.04. The number of amides is 1. The molecule has 0 heterocycles. The minimum absolute atomic E-state index is 0.0185. The maximum absolute atomic E-state index is 10.9. The lowest BCUT2D eigenvalue weighted by Gasteiger charge is -2.24. The average Bonchev–Trinajstić information content (AvgIpc) is 1.90. The predicted molar refractivity (Wildman–Crippen MR) is 42.4 cm³/mol. The smallest absolute Gasteiger partial charge is 0.238 e. The summed E-state index contributed by atoms with van der Waals surface area (Å²) in [6.45, 7) is 5.46. The Bertz CT molecular complexity index is 193. The van der Waals surface area contributed by atoms with E-state index >= 15 is 0 Å². The van der Waals surface area contributed by atoms with Crippen LogP contribution in [0.15, 0.2) is 0 Å². The Morgan fingerprint density at radius 3 is 2.18 bits per heavy atom. The molecule has 1 amide bonds. The Morgan fingerprint density at radius 1 is 1.73 bits per heavy atom. The van der Waals surface area contributed by atoms with Gasteiger partial charge in [0.2, 0.25) is 5.91 Å². The molecule has 0 saturated heterocycles. The predicted octanol–water partition coefficient (Wildman–Crippen LogP) is 1.05. The molecule has 3 heteroatoms. The minimum Gasteiger partial charge on any atom is -0.368 e. The van der Waals surface area contributed by atoms with Crippen molar-refractivity contribution in [3.8, 4) is 6.07 Å². The topological polar surface area (TPSA) is 66.9 Å². The summed E-state index contributed by atoms with van der Waals surface area (Å²) in [6.07, 6.45) is 0.483. The van der Waals surface area contributed by atoms with E-state index in [1.807, 2.05) is 19.9 Å². The molecule has 0 aliphatic rings. The van der Waals surface area contributed by atoms with Gasteiger partial charge < -0.3 is 5.73 Å². The van der Waals surface area contributed by atoms with Crippen molar-refractivity contribution < 1.29 is 4.79 Å². The van der Waals surface area contributed by atoms with Crippen LogP contribution in [0.25, 0.3) is 0 Å². The lowest BCUT2D eigenvalue weighted by atomic mass is 9.76. The maximum Gasteiger partial charge on any atom is 0.238 e. The average molecular weight is 154 g/mol. The summed E-state index contributed by atoms with van der Waals surface area (Å²) in [5.41, 5.74) is 4.16. The minimum atomic E-state index is -0.972. The van der Waals surface area contributed by atoms with Crippen LogP contribution in [0.4, 0.5) is 0 Å². The number of nitrogens with zero attached hydrogens (tertiary/aromatic N) is 1. The van der Waals surface area contributed by atoms with Crippen molar-refractivity contribution >= 4 is 5.91 Å². The molecule has 11 heavy (non-hydrogen) atoms. The van der Waals surface area contributed by atoms with Crippen LogP contribution in [0.2, 0.25) is 0 Å². The standard InChI is InChI=1S/C8H14N2O/c1-4-8(5-9,6(2)3)7(10)11/h6H,4H2,1-3H3,(H2,10,11). The maximum atomic E-state index is 10.9. The normalized spacial score (nSPS) is 15.5. The van der Waals surface area contributed by atoms with Crippen molar-refractivity contribution in [3.05, 3.63) is 0 Å². The molecule has 1 unspecified atom stereocenters. The highest BCUT2D eigenvalue weighted by molar-refractivity contribution is 5.83. The van der Waals surface area contributed by atoms with Crippen molar-refractivity contribution in [2.45, 2.75) is 27.2 Å². The summed E-state index contributed by atoms with van der Waals surface area (Å²) in [5.74, 6) is -0.535. The second kappa shape index (κ2) is 3.38. The van der Waals surface area contributed by atoms with E-state index in [0.717, 1.165) is 0 Å². The van der Waals surface area contributed by atoms with Crippen LogP contribution in [0.5, 0.6) is 0 Å². The zero-order chi connectivity index (χ0) is 9.07. The third-order valence-corrected chi connectivity index (χ3v) is 2.18. The Morgan fingerprint density at radius 2 is 2.18 bits per heavy atom. The monoisotopic (exact) mass is 154 g/mol. The summed E-state index contributed by atoms with van der Waals surface area (Å²) < 4.78 is 0. The van der Waals surface area contributed by atoms with Gasteiger partial charge in [-0.05, 0) is 12.3 Å². The molecule has 0 radical (unpaired) electrons. The quantitative estimate of drug-likeness (QED) is 0.660. The van der Waals surface area contributed by atoms with Gasteiger partial charge in [0.15, 0.2) is 0 Å². The first kappa shape index (κ1) is 9.96. The highest BCUT2D eigenvalue weighted by atomic mass is 16.1. The highest BCUT2D eigenvalue weighted by Gasteiger charge is 2.38. The number of nitriles is 1. The number of hydrogen-bond donors (Lipinski definition) is 1. The van der Waals surface area contributed by atoms with E-state index in [4.69, 9.17) is 11.0 Å². The van der Waals surface area contributed by atoms with E-state index in [1.165, 1.54) is 0 Å². The van der Waals surface area contributed by atoms with E-state index in [0.29, 0.717) is 6.42 Å². The third kappa shape index (κ3) is 1.51. The first-order valence-corrected chi connectivity index (χ1v) is 3.72. The molecule has 0 aliphatic carbocycles. The molecular formula is C8H14N2O. The number of nitrogens with two attached hydrogens (primary N) is 1. The van der Waals surface area contributed by atoms with Crippen molar-refractivity contribution in [3.63, 3.8) is 0 Å². The van der Waals surface area contributed by atoms with Gasteiger partial charge in [0.05, 0.1) is 6.07 Å². The van der Waals surface area contributed by atoms with E-state index in [2.05, 4.69) is 0 Å². The molecule has 0 aromatic rings. The summed E-state index contributed by atoms with van der Waals surface area (Å²) in [7, 11) is 0. The van der Waals surface area contributed by atoms with Crippen molar-refractivity contribution in [2.24, 2.45) is 17.1 Å². The number of hydrogen-bond acceptors (Lipinski definition) is 2. The van der Waals surface area contributed by atoms with Crippen molar-refractivity contribution in [1.82, 2.24) is 0 Å². The van der Waals surface area contributed by atoms with Gasteiger partial charge >= 0.3 is 0 Å². The van der Waals surface area contributed by atoms with Crippen LogP contribution in [-0.2, 0) is 4.79 Å². The number of carbonyl (C=O) groups is 1. The Kier molecular flexibility index (Phi) is 3.06. The molecule has 2 N–H and O–H groups in total. The second-order valence-corrected chi connectivity index (χ2v) is 2.96. The first-order chi connectivity index (χ1) is 5.01. The zero-order valence-corrected chi connectivity index (χ0v) is 7.22. The van der Waals surface area contributed by atoms with E-state index in [1.54, 1.807) is 6.92 Å². The molecule has 0 aromatic heterocycles. The SMILES string of the molecule is CCC(C#N)(C(N)=O)C(C)C. The van der Waals surface area contributed by atoms with Gasteiger partial charge in [0, 0.05) is 0 Å². The number of primary amides is 1. The molecule has 0 rings (SSSR count). The van der Waals surface area contributed by atoms with Crippen LogP contribution in [0.1, 0.15) is 27.2 Å². The molecule has 62 valence electrons. The summed E-state index contributed by atoms with van der Waals surface area (Å²) >= 11 is 0. The fraction of sp³-hybridized carbons (Fsp3) is 0.750. The van der Waals surface area contributed by atoms with Crippen LogP contribution in [0, 0.1) is 22.7 Å². The molecule has 0 aromatic carbocycles. The van der Waals surface area contributed by atoms with Gasteiger partial charge in [-0.2, -0.15) is 5.26 Å². The number of rotatable bonds is 3. The molecule has 0 aliphatic heterocycles. The van der Waals surface area contributed by atoms with Gasteiger partial charge in [-0.3, -0.25) is 4.79 Å².